The molecule has 0 unspecified atom stereocenters. The van der Waals surface area contributed by atoms with E-state index < -0.39 is 9.84 Å². The molecule has 1 aliphatic rings. The van der Waals surface area contributed by atoms with Gasteiger partial charge in [-0.2, -0.15) is 0 Å². The van der Waals surface area contributed by atoms with E-state index in [2.05, 4.69) is 6.07 Å². The average Bonchev–Trinajstić information content (AvgIpc) is 3.36. The van der Waals surface area contributed by atoms with Crippen molar-refractivity contribution in [3.05, 3.63) is 76.0 Å². The van der Waals surface area contributed by atoms with E-state index in [4.69, 9.17) is 0 Å². The molecule has 2 aromatic carbocycles. The van der Waals surface area contributed by atoms with Gasteiger partial charge < -0.3 is 4.90 Å². The van der Waals surface area contributed by atoms with E-state index >= 15 is 0 Å². The highest BCUT2D eigenvalue weighted by Gasteiger charge is 2.33. The highest BCUT2D eigenvalue weighted by molar-refractivity contribution is 7.90. The standard InChI is InChI=1S/C23H23NO3S2/c1-16-13-15-28-22(16)23(25)24-14-5-8-21(24)20-7-4-3-6-19(20)17-9-11-18(12-10-17)29(2,26)27/h3-4,6-7,9-13,15,21H,5,8,14H2,1-2H3/t21-/m0/s1. The molecule has 150 valence electrons. The van der Waals surface area contributed by atoms with Gasteiger partial charge in [0, 0.05) is 12.8 Å². The van der Waals surface area contributed by atoms with Gasteiger partial charge in [-0.05, 0) is 65.6 Å². The maximum absolute atomic E-state index is 13.2. The van der Waals surface area contributed by atoms with Gasteiger partial charge in [0.05, 0.1) is 15.8 Å². The van der Waals surface area contributed by atoms with Crippen LogP contribution in [0.2, 0.25) is 0 Å². The molecule has 1 aromatic heterocycles. The third-order valence-electron chi connectivity index (χ3n) is 5.48. The molecule has 0 spiro atoms. The second kappa shape index (κ2) is 7.76. The summed E-state index contributed by atoms with van der Waals surface area (Å²) in [4.78, 5) is 16.3. The van der Waals surface area contributed by atoms with Crippen molar-refractivity contribution in [1.29, 1.82) is 0 Å². The topological polar surface area (TPSA) is 54.5 Å². The Bertz CT molecular complexity index is 1150. The first kappa shape index (κ1) is 19.9. The van der Waals surface area contributed by atoms with E-state index in [0.717, 1.165) is 46.5 Å². The Morgan fingerprint density at radius 3 is 2.45 bits per heavy atom. The minimum absolute atomic E-state index is 0.0229. The van der Waals surface area contributed by atoms with Crippen LogP contribution in [0.3, 0.4) is 0 Å². The van der Waals surface area contributed by atoms with Crippen LogP contribution in [0.5, 0.6) is 0 Å². The zero-order valence-electron chi connectivity index (χ0n) is 16.5. The van der Waals surface area contributed by atoms with E-state index in [-0.39, 0.29) is 11.9 Å². The van der Waals surface area contributed by atoms with Crippen molar-refractivity contribution in [2.75, 3.05) is 12.8 Å². The molecule has 3 aromatic rings. The summed E-state index contributed by atoms with van der Waals surface area (Å²) in [6.45, 7) is 2.73. The second-order valence-electron chi connectivity index (χ2n) is 7.47. The summed E-state index contributed by atoms with van der Waals surface area (Å²) in [5, 5.41) is 1.96. The summed E-state index contributed by atoms with van der Waals surface area (Å²) in [6.07, 6.45) is 3.11. The lowest BCUT2D eigenvalue weighted by Gasteiger charge is -2.27. The quantitative estimate of drug-likeness (QED) is 0.584. The molecule has 4 rings (SSSR count). The predicted octanol–water partition coefficient (Wildman–Crippen LogP) is 5.10. The third kappa shape index (κ3) is 3.87. The zero-order valence-corrected chi connectivity index (χ0v) is 18.1. The van der Waals surface area contributed by atoms with Crippen molar-refractivity contribution in [1.82, 2.24) is 4.90 Å². The van der Waals surface area contributed by atoms with Gasteiger partial charge in [0.2, 0.25) is 0 Å². The molecule has 0 saturated carbocycles. The summed E-state index contributed by atoms with van der Waals surface area (Å²) in [7, 11) is -3.23. The lowest BCUT2D eigenvalue weighted by atomic mass is 9.93. The van der Waals surface area contributed by atoms with Crippen LogP contribution in [0.4, 0.5) is 0 Å². The molecule has 0 N–H and O–H groups in total. The molecule has 0 aliphatic carbocycles. The molecule has 0 radical (unpaired) electrons. The lowest BCUT2D eigenvalue weighted by Crippen LogP contribution is -2.30. The van der Waals surface area contributed by atoms with Crippen LogP contribution in [-0.2, 0) is 9.84 Å². The lowest BCUT2D eigenvalue weighted by molar-refractivity contribution is 0.0740. The van der Waals surface area contributed by atoms with Gasteiger partial charge in [-0.25, -0.2) is 8.42 Å². The van der Waals surface area contributed by atoms with Crippen molar-refractivity contribution in [2.45, 2.75) is 30.7 Å². The molecule has 1 amide bonds. The number of hydrogen-bond donors (Lipinski definition) is 0. The first-order valence-corrected chi connectivity index (χ1v) is 12.4. The normalized spacial score (nSPS) is 16.9. The van der Waals surface area contributed by atoms with E-state index in [1.165, 1.54) is 17.6 Å². The predicted molar refractivity (Wildman–Crippen MR) is 117 cm³/mol. The van der Waals surface area contributed by atoms with Crippen LogP contribution in [0.1, 0.15) is 39.7 Å². The molecule has 0 bridgehead atoms. The van der Waals surface area contributed by atoms with Gasteiger partial charge in [-0.3, -0.25) is 4.79 Å². The van der Waals surface area contributed by atoms with Crippen molar-refractivity contribution < 1.29 is 13.2 Å². The Hall–Kier alpha value is -2.44. The van der Waals surface area contributed by atoms with Crippen LogP contribution in [0.15, 0.2) is 64.9 Å². The molecule has 2 heterocycles. The molecule has 4 nitrogen and oxygen atoms in total. The second-order valence-corrected chi connectivity index (χ2v) is 10.4. The smallest absolute Gasteiger partial charge is 0.264 e. The Labute approximate surface area is 175 Å². The number of carbonyl (C=O) groups is 1. The Morgan fingerprint density at radius 1 is 1.07 bits per heavy atom. The molecular formula is C23H23NO3S2. The number of thiophene rings is 1. The van der Waals surface area contributed by atoms with Crippen LogP contribution >= 0.6 is 11.3 Å². The van der Waals surface area contributed by atoms with E-state index in [9.17, 15) is 13.2 Å². The maximum atomic E-state index is 13.2. The Balaban J connectivity index is 1.71. The minimum Gasteiger partial charge on any atom is -0.331 e. The summed E-state index contributed by atoms with van der Waals surface area (Å²) in [6, 6.07) is 17.1. The Morgan fingerprint density at radius 2 is 1.79 bits per heavy atom. The molecule has 29 heavy (non-hydrogen) atoms. The highest BCUT2D eigenvalue weighted by atomic mass is 32.2. The number of benzene rings is 2. The summed E-state index contributed by atoms with van der Waals surface area (Å²) >= 11 is 1.50. The average molecular weight is 426 g/mol. The molecule has 1 atom stereocenters. The third-order valence-corrected chi connectivity index (χ3v) is 7.62. The SMILES string of the molecule is Cc1ccsc1C(=O)N1CCC[C@H]1c1ccccc1-c1ccc(S(C)(=O)=O)cc1. The highest BCUT2D eigenvalue weighted by Crippen LogP contribution is 2.39. The van der Waals surface area contributed by atoms with E-state index in [0.29, 0.717) is 4.90 Å². The fraction of sp³-hybridized carbons (Fsp3) is 0.261. The zero-order chi connectivity index (χ0) is 20.6. The van der Waals surface area contributed by atoms with Crippen molar-refractivity contribution >= 4 is 27.1 Å². The van der Waals surface area contributed by atoms with Crippen LogP contribution in [-0.4, -0.2) is 32.0 Å². The fourth-order valence-corrected chi connectivity index (χ4v) is 5.50. The summed E-state index contributed by atoms with van der Waals surface area (Å²) < 4.78 is 23.5. The number of sulfone groups is 1. The van der Waals surface area contributed by atoms with Gasteiger partial charge in [0.1, 0.15) is 0 Å². The van der Waals surface area contributed by atoms with Crippen LogP contribution in [0, 0.1) is 6.92 Å². The maximum Gasteiger partial charge on any atom is 0.264 e. The van der Waals surface area contributed by atoms with Crippen LogP contribution in [0.25, 0.3) is 11.1 Å². The molecule has 1 aliphatic heterocycles. The number of hydrogen-bond acceptors (Lipinski definition) is 4. The number of amides is 1. The van der Waals surface area contributed by atoms with Gasteiger partial charge in [-0.15, -0.1) is 11.3 Å². The Kier molecular flexibility index (Phi) is 5.32. The molecule has 6 heteroatoms. The summed E-state index contributed by atoms with van der Waals surface area (Å²) in [5.41, 5.74) is 4.13. The number of aryl methyl sites for hydroxylation is 1. The number of likely N-dealkylation sites (tertiary alicyclic amines) is 1. The van der Waals surface area contributed by atoms with E-state index in [1.807, 2.05) is 53.6 Å². The molecular weight excluding hydrogens is 402 g/mol. The first-order valence-electron chi connectivity index (χ1n) is 9.61. The van der Waals surface area contributed by atoms with Gasteiger partial charge in [0.15, 0.2) is 9.84 Å². The first-order chi connectivity index (χ1) is 13.9. The van der Waals surface area contributed by atoms with Crippen molar-refractivity contribution in [2.24, 2.45) is 0 Å². The number of nitrogens with zero attached hydrogens (tertiary/aromatic N) is 1. The molecule has 1 fully saturated rings. The van der Waals surface area contributed by atoms with Gasteiger partial charge in [-0.1, -0.05) is 36.4 Å². The number of rotatable bonds is 4. The van der Waals surface area contributed by atoms with Gasteiger partial charge >= 0.3 is 0 Å². The summed E-state index contributed by atoms with van der Waals surface area (Å²) in [5.74, 6) is 0.0993. The van der Waals surface area contributed by atoms with E-state index in [1.54, 1.807) is 12.1 Å². The van der Waals surface area contributed by atoms with Crippen molar-refractivity contribution in [3.63, 3.8) is 0 Å². The molecule has 1 saturated heterocycles. The largest absolute Gasteiger partial charge is 0.331 e. The van der Waals surface area contributed by atoms with Crippen LogP contribution < -0.4 is 0 Å². The monoisotopic (exact) mass is 425 g/mol. The van der Waals surface area contributed by atoms with Crippen molar-refractivity contribution in [3.8, 4) is 11.1 Å². The minimum atomic E-state index is -3.23. The number of carbonyl (C=O) groups excluding carboxylic acids is 1. The fourth-order valence-electron chi connectivity index (χ4n) is 3.99. The van der Waals surface area contributed by atoms with Gasteiger partial charge in [0.25, 0.3) is 5.91 Å².